The summed E-state index contributed by atoms with van der Waals surface area (Å²) in [5, 5.41) is 11.4. The minimum Gasteiger partial charge on any atom is -0.314 e. The average Bonchev–Trinajstić information content (AvgIpc) is 2.80. The molecule has 0 saturated heterocycles. The Morgan fingerprint density at radius 1 is 1.58 bits per heavy atom. The lowest BCUT2D eigenvalue weighted by molar-refractivity contribution is 0.547. The summed E-state index contributed by atoms with van der Waals surface area (Å²) in [4.78, 5) is 1.74. The number of rotatable bonds is 3. The standard InChI is InChI=1S/C7H11BN4/c1-9-4-6-7(8)11-12(10-6)5-2-3-5/h5,9H,2-4H2,1H3. The second-order valence-corrected chi connectivity index (χ2v) is 3.11. The summed E-state index contributed by atoms with van der Waals surface area (Å²) in [5.74, 6) is 0. The lowest BCUT2D eigenvalue weighted by Gasteiger charge is -1.93. The lowest BCUT2D eigenvalue weighted by Crippen LogP contribution is -2.16. The normalized spacial score (nSPS) is 16.8. The number of hydrogen-bond donors (Lipinski definition) is 1. The third-order valence-corrected chi connectivity index (χ3v) is 1.95. The van der Waals surface area contributed by atoms with Gasteiger partial charge in [0.2, 0.25) is 0 Å². The molecular formula is C7H11BN4. The zero-order valence-corrected chi connectivity index (χ0v) is 7.12. The van der Waals surface area contributed by atoms with E-state index in [4.69, 9.17) is 7.85 Å². The number of nitrogens with one attached hydrogen (secondary N) is 1. The minimum atomic E-state index is 0.512. The second kappa shape index (κ2) is 2.90. The highest BCUT2D eigenvalue weighted by Crippen LogP contribution is 2.32. The van der Waals surface area contributed by atoms with Crippen LogP contribution in [0.4, 0.5) is 0 Å². The van der Waals surface area contributed by atoms with E-state index in [1.165, 1.54) is 12.8 Å². The molecule has 1 aliphatic rings. The van der Waals surface area contributed by atoms with Crippen LogP contribution < -0.4 is 10.9 Å². The predicted molar refractivity (Wildman–Crippen MR) is 46.4 cm³/mol. The maximum Gasteiger partial charge on any atom is 0.147 e. The molecule has 1 aromatic heterocycles. The van der Waals surface area contributed by atoms with Crippen LogP contribution in [0.25, 0.3) is 0 Å². The van der Waals surface area contributed by atoms with Crippen LogP contribution in [0.15, 0.2) is 0 Å². The summed E-state index contributed by atoms with van der Waals surface area (Å²) in [6.45, 7) is 0.693. The van der Waals surface area contributed by atoms with Gasteiger partial charge in [-0.2, -0.15) is 15.0 Å². The van der Waals surface area contributed by atoms with Gasteiger partial charge in [-0.05, 0) is 19.9 Å². The Balaban J connectivity index is 2.18. The van der Waals surface area contributed by atoms with Gasteiger partial charge < -0.3 is 5.32 Å². The molecule has 0 aliphatic heterocycles. The van der Waals surface area contributed by atoms with Crippen molar-refractivity contribution in [2.75, 3.05) is 7.05 Å². The first-order chi connectivity index (χ1) is 5.81. The summed E-state index contributed by atoms with van der Waals surface area (Å²) >= 11 is 0. The molecule has 1 aromatic rings. The van der Waals surface area contributed by atoms with E-state index in [0.29, 0.717) is 18.2 Å². The van der Waals surface area contributed by atoms with E-state index in [-0.39, 0.29) is 0 Å². The monoisotopic (exact) mass is 162 g/mol. The zero-order valence-electron chi connectivity index (χ0n) is 7.12. The van der Waals surface area contributed by atoms with E-state index in [0.717, 1.165) is 5.69 Å². The van der Waals surface area contributed by atoms with E-state index in [2.05, 4.69) is 15.5 Å². The Labute approximate surface area is 72.7 Å². The first-order valence-corrected chi connectivity index (χ1v) is 4.17. The Kier molecular flexibility index (Phi) is 1.88. The summed E-state index contributed by atoms with van der Waals surface area (Å²) in [6.07, 6.45) is 2.38. The largest absolute Gasteiger partial charge is 0.314 e. The van der Waals surface area contributed by atoms with Gasteiger partial charge in [-0.15, -0.1) is 0 Å². The van der Waals surface area contributed by atoms with E-state index >= 15 is 0 Å². The van der Waals surface area contributed by atoms with Crippen LogP contribution in [0.1, 0.15) is 24.6 Å². The summed E-state index contributed by atoms with van der Waals surface area (Å²) in [7, 11) is 7.53. The average molecular weight is 162 g/mol. The van der Waals surface area contributed by atoms with Gasteiger partial charge in [0.05, 0.1) is 11.7 Å². The van der Waals surface area contributed by atoms with Gasteiger partial charge in [-0.1, -0.05) is 0 Å². The molecule has 1 aliphatic carbocycles. The topological polar surface area (TPSA) is 42.7 Å². The van der Waals surface area contributed by atoms with Crippen molar-refractivity contribution in [3.05, 3.63) is 5.69 Å². The van der Waals surface area contributed by atoms with Gasteiger partial charge in [-0.3, -0.25) is 0 Å². The van der Waals surface area contributed by atoms with Gasteiger partial charge in [0.15, 0.2) is 0 Å². The van der Waals surface area contributed by atoms with Crippen LogP contribution in [-0.4, -0.2) is 29.9 Å². The van der Waals surface area contributed by atoms with Crippen LogP contribution in [0, 0.1) is 0 Å². The third-order valence-electron chi connectivity index (χ3n) is 1.95. The van der Waals surface area contributed by atoms with Gasteiger partial charge in [0.1, 0.15) is 7.85 Å². The molecule has 5 heteroatoms. The molecule has 0 bridgehead atoms. The highest BCUT2D eigenvalue weighted by atomic mass is 15.5. The third kappa shape index (κ3) is 1.36. The smallest absolute Gasteiger partial charge is 0.147 e. The molecule has 1 heterocycles. The summed E-state index contributed by atoms with van der Waals surface area (Å²) in [5.41, 5.74) is 1.40. The highest BCUT2D eigenvalue weighted by Gasteiger charge is 2.26. The van der Waals surface area contributed by atoms with Crippen molar-refractivity contribution in [2.45, 2.75) is 25.4 Å². The van der Waals surface area contributed by atoms with Gasteiger partial charge in [0.25, 0.3) is 0 Å². The molecule has 12 heavy (non-hydrogen) atoms. The van der Waals surface area contributed by atoms with Crippen LogP contribution in [0.3, 0.4) is 0 Å². The van der Waals surface area contributed by atoms with Crippen LogP contribution in [-0.2, 0) is 6.54 Å². The van der Waals surface area contributed by atoms with Gasteiger partial charge in [0, 0.05) is 12.1 Å². The van der Waals surface area contributed by atoms with Crippen molar-refractivity contribution in [1.29, 1.82) is 0 Å². The molecule has 2 rings (SSSR count). The van der Waals surface area contributed by atoms with Crippen molar-refractivity contribution >= 4 is 13.4 Å². The fourth-order valence-corrected chi connectivity index (χ4v) is 1.13. The van der Waals surface area contributed by atoms with Crippen molar-refractivity contribution in [3.8, 4) is 0 Å². The molecule has 1 saturated carbocycles. The second-order valence-electron chi connectivity index (χ2n) is 3.11. The maximum atomic E-state index is 5.66. The van der Waals surface area contributed by atoms with Crippen LogP contribution >= 0.6 is 0 Å². The van der Waals surface area contributed by atoms with Crippen molar-refractivity contribution < 1.29 is 0 Å². The Bertz CT molecular complexity index is 279. The minimum absolute atomic E-state index is 0.512. The summed E-state index contributed by atoms with van der Waals surface area (Å²) in [6, 6.07) is 0.512. The maximum absolute atomic E-state index is 5.66. The molecule has 0 aromatic carbocycles. The molecule has 0 spiro atoms. The van der Waals surface area contributed by atoms with Crippen molar-refractivity contribution in [3.63, 3.8) is 0 Å². The fraction of sp³-hybridized carbons (Fsp3) is 0.714. The molecule has 62 valence electrons. The SMILES string of the molecule is [B]c1nn(C2CC2)nc1CNC. The van der Waals surface area contributed by atoms with Crippen LogP contribution in [0.5, 0.6) is 0 Å². The number of aromatic nitrogens is 3. The first-order valence-electron chi connectivity index (χ1n) is 4.17. The predicted octanol–water partition coefficient (Wildman–Crippen LogP) is -0.874. The number of hydrogen-bond acceptors (Lipinski definition) is 3. The molecule has 4 nitrogen and oxygen atoms in total. The Hall–Kier alpha value is -0.835. The van der Waals surface area contributed by atoms with E-state index in [1.54, 1.807) is 4.80 Å². The molecule has 0 amide bonds. The highest BCUT2D eigenvalue weighted by molar-refractivity contribution is 6.31. The lowest BCUT2D eigenvalue weighted by atomic mass is 10.0. The molecule has 0 unspecified atom stereocenters. The Morgan fingerprint density at radius 2 is 2.33 bits per heavy atom. The molecule has 0 atom stereocenters. The van der Waals surface area contributed by atoms with E-state index < -0.39 is 0 Å². The van der Waals surface area contributed by atoms with Crippen molar-refractivity contribution in [1.82, 2.24) is 20.3 Å². The number of nitrogens with zero attached hydrogens (tertiary/aromatic N) is 3. The van der Waals surface area contributed by atoms with Gasteiger partial charge in [-0.25, -0.2) is 0 Å². The van der Waals surface area contributed by atoms with E-state index in [9.17, 15) is 0 Å². The summed E-state index contributed by atoms with van der Waals surface area (Å²) < 4.78 is 0. The molecule has 1 N–H and O–H groups in total. The van der Waals surface area contributed by atoms with Crippen LogP contribution in [0.2, 0.25) is 0 Å². The van der Waals surface area contributed by atoms with E-state index in [1.807, 2.05) is 7.05 Å². The Morgan fingerprint density at radius 3 is 2.92 bits per heavy atom. The molecule has 1 fully saturated rings. The van der Waals surface area contributed by atoms with Gasteiger partial charge >= 0.3 is 0 Å². The molecule has 2 radical (unpaired) electrons. The zero-order chi connectivity index (χ0) is 8.55. The molecular weight excluding hydrogens is 151 g/mol. The van der Waals surface area contributed by atoms with Crippen molar-refractivity contribution in [2.24, 2.45) is 0 Å². The fourth-order valence-electron chi connectivity index (χ4n) is 1.13. The first kappa shape index (κ1) is 7.80. The quantitative estimate of drug-likeness (QED) is 0.587.